The van der Waals surface area contributed by atoms with Gasteiger partial charge in [0, 0.05) is 0 Å². The van der Waals surface area contributed by atoms with Gasteiger partial charge in [0.1, 0.15) is 0 Å². The van der Waals surface area contributed by atoms with E-state index in [1.54, 1.807) is 26.0 Å². The molecule has 7 heteroatoms. The summed E-state index contributed by atoms with van der Waals surface area (Å²) in [6.45, 7) is 5.35. The standard InChI is InChI=1S/C12H18N2O4S/c1-4-18-11(15)7-19(16,17)14-12-9(3)8(2)5-6-10(12)13/h5-6,14H,4,7,13H2,1-3H3. The monoisotopic (exact) mass is 286 g/mol. The zero-order chi connectivity index (χ0) is 14.6. The molecule has 3 N–H and O–H groups in total. The third-order valence-electron chi connectivity index (χ3n) is 2.64. The van der Waals surface area contributed by atoms with Crippen molar-refractivity contribution >= 4 is 27.4 Å². The predicted octanol–water partition coefficient (Wildman–Crippen LogP) is 1.19. The lowest BCUT2D eigenvalue weighted by Gasteiger charge is -2.14. The van der Waals surface area contributed by atoms with Crippen LogP contribution in [0.25, 0.3) is 0 Å². The van der Waals surface area contributed by atoms with Gasteiger partial charge in [-0.2, -0.15) is 0 Å². The number of carbonyl (C=O) groups excluding carboxylic acids is 1. The molecule has 0 aliphatic carbocycles. The fourth-order valence-electron chi connectivity index (χ4n) is 1.52. The maximum absolute atomic E-state index is 11.8. The van der Waals surface area contributed by atoms with E-state index < -0.39 is 21.7 Å². The molecule has 1 rings (SSSR count). The first-order valence-electron chi connectivity index (χ1n) is 5.78. The molecule has 0 aliphatic rings. The van der Waals surface area contributed by atoms with Gasteiger partial charge in [-0.3, -0.25) is 9.52 Å². The Kier molecular flexibility index (Phi) is 4.77. The summed E-state index contributed by atoms with van der Waals surface area (Å²) in [4.78, 5) is 11.2. The van der Waals surface area contributed by atoms with Crippen molar-refractivity contribution in [3.05, 3.63) is 23.3 Å². The second kappa shape index (κ2) is 5.92. The molecule has 6 nitrogen and oxygen atoms in total. The largest absolute Gasteiger partial charge is 0.465 e. The van der Waals surface area contributed by atoms with E-state index in [1.807, 2.05) is 6.92 Å². The van der Waals surface area contributed by atoms with Gasteiger partial charge in [-0.25, -0.2) is 8.42 Å². The number of hydrogen-bond donors (Lipinski definition) is 2. The molecule has 0 saturated heterocycles. The summed E-state index contributed by atoms with van der Waals surface area (Å²) in [5.41, 5.74) is 8.00. The van der Waals surface area contributed by atoms with Crippen LogP contribution in [0.3, 0.4) is 0 Å². The zero-order valence-electron chi connectivity index (χ0n) is 11.2. The van der Waals surface area contributed by atoms with Crippen LogP contribution >= 0.6 is 0 Å². The molecule has 19 heavy (non-hydrogen) atoms. The van der Waals surface area contributed by atoms with E-state index >= 15 is 0 Å². The Bertz CT molecular complexity index is 582. The molecule has 0 unspecified atom stereocenters. The van der Waals surface area contributed by atoms with E-state index in [1.165, 1.54) is 0 Å². The highest BCUT2D eigenvalue weighted by Crippen LogP contribution is 2.26. The zero-order valence-corrected chi connectivity index (χ0v) is 12.0. The number of esters is 1. The van der Waals surface area contributed by atoms with Crippen LogP contribution in [0.4, 0.5) is 11.4 Å². The van der Waals surface area contributed by atoms with Gasteiger partial charge in [0.15, 0.2) is 5.75 Å². The minimum absolute atomic E-state index is 0.139. The Morgan fingerprint density at radius 1 is 1.37 bits per heavy atom. The predicted molar refractivity (Wildman–Crippen MR) is 74.4 cm³/mol. The molecular formula is C12H18N2O4S. The second-order valence-corrected chi connectivity index (χ2v) is 5.86. The van der Waals surface area contributed by atoms with Crippen LogP contribution in [0.5, 0.6) is 0 Å². The van der Waals surface area contributed by atoms with Gasteiger partial charge < -0.3 is 10.5 Å². The molecule has 0 spiro atoms. The van der Waals surface area contributed by atoms with Crippen molar-refractivity contribution in [1.29, 1.82) is 0 Å². The Morgan fingerprint density at radius 3 is 2.58 bits per heavy atom. The molecule has 0 saturated carbocycles. The number of nitrogen functional groups attached to an aromatic ring is 1. The fraction of sp³-hybridized carbons (Fsp3) is 0.417. The van der Waals surface area contributed by atoms with Gasteiger partial charge in [-0.05, 0) is 38.0 Å². The Morgan fingerprint density at radius 2 is 2.00 bits per heavy atom. The molecule has 0 heterocycles. The van der Waals surface area contributed by atoms with E-state index in [9.17, 15) is 13.2 Å². The quantitative estimate of drug-likeness (QED) is 0.626. The van der Waals surface area contributed by atoms with Crippen molar-refractivity contribution in [3.63, 3.8) is 0 Å². The fourth-order valence-corrected chi connectivity index (χ4v) is 2.57. The number of benzene rings is 1. The van der Waals surface area contributed by atoms with Crippen LogP contribution in [0.2, 0.25) is 0 Å². The van der Waals surface area contributed by atoms with Crippen molar-refractivity contribution in [2.75, 3.05) is 22.8 Å². The summed E-state index contributed by atoms with van der Waals surface area (Å²) < 4.78 is 30.6. The molecule has 0 atom stereocenters. The van der Waals surface area contributed by atoms with Crippen molar-refractivity contribution in [2.24, 2.45) is 0 Å². The number of carbonyl (C=O) groups is 1. The molecule has 0 radical (unpaired) electrons. The van der Waals surface area contributed by atoms with E-state index in [-0.39, 0.29) is 6.61 Å². The van der Waals surface area contributed by atoms with Gasteiger partial charge in [-0.15, -0.1) is 0 Å². The Hall–Kier alpha value is -1.76. The number of anilines is 2. The molecule has 0 bridgehead atoms. The van der Waals surface area contributed by atoms with Crippen LogP contribution in [0.15, 0.2) is 12.1 Å². The van der Waals surface area contributed by atoms with Gasteiger partial charge in [0.25, 0.3) is 0 Å². The number of hydrogen-bond acceptors (Lipinski definition) is 5. The van der Waals surface area contributed by atoms with E-state index in [0.29, 0.717) is 11.4 Å². The summed E-state index contributed by atoms with van der Waals surface area (Å²) in [6, 6.07) is 3.42. The van der Waals surface area contributed by atoms with Crippen molar-refractivity contribution in [3.8, 4) is 0 Å². The summed E-state index contributed by atoms with van der Waals surface area (Å²) in [7, 11) is -3.82. The first kappa shape index (κ1) is 15.3. The minimum Gasteiger partial charge on any atom is -0.465 e. The lowest BCUT2D eigenvalue weighted by Crippen LogP contribution is -2.25. The molecular weight excluding hydrogens is 268 g/mol. The number of aryl methyl sites for hydroxylation is 1. The van der Waals surface area contributed by atoms with Crippen molar-refractivity contribution < 1.29 is 17.9 Å². The normalized spacial score (nSPS) is 11.1. The molecule has 0 aromatic heterocycles. The highest BCUT2D eigenvalue weighted by molar-refractivity contribution is 7.93. The number of ether oxygens (including phenoxy) is 1. The van der Waals surface area contributed by atoms with Crippen LogP contribution < -0.4 is 10.5 Å². The van der Waals surface area contributed by atoms with Crippen molar-refractivity contribution in [2.45, 2.75) is 20.8 Å². The molecule has 106 valence electrons. The lowest BCUT2D eigenvalue weighted by atomic mass is 10.1. The minimum atomic E-state index is -3.82. The highest BCUT2D eigenvalue weighted by Gasteiger charge is 2.19. The summed E-state index contributed by atoms with van der Waals surface area (Å²) in [5, 5.41) is 0. The van der Waals surface area contributed by atoms with Gasteiger partial charge in [-0.1, -0.05) is 6.07 Å². The SMILES string of the molecule is CCOC(=O)CS(=O)(=O)Nc1c(N)ccc(C)c1C. The van der Waals surface area contributed by atoms with Crippen LogP contribution in [0.1, 0.15) is 18.1 Å². The highest BCUT2D eigenvalue weighted by atomic mass is 32.2. The third kappa shape index (κ3) is 4.13. The third-order valence-corrected chi connectivity index (χ3v) is 3.77. The molecule has 1 aromatic rings. The molecule has 1 aromatic carbocycles. The molecule has 0 amide bonds. The number of nitrogens with two attached hydrogens (primary N) is 1. The van der Waals surface area contributed by atoms with E-state index in [0.717, 1.165) is 11.1 Å². The average Bonchev–Trinajstić information content (AvgIpc) is 2.29. The van der Waals surface area contributed by atoms with Gasteiger partial charge >= 0.3 is 5.97 Å². The second-order valence-electron chi connectivity index (χ2n) is 4.14. The Balaban J connectivity index is 2.96. The number of sulfonamides is 1. The first-order chi connectivity index (χ1) is 8.76. The van der Waals surface area contributed by atoms with E-state index in [2.05, 4.69) is 9.46 Å². The Labute approximate surface area is 113 Å². The van der Waals surface area contributed by atoms with Crippen LogP contribution in [-0.2, 0) is 19.6 Å². The van der Waals surface area contributed by atoms with Gasteiger partial charge in [0.05, 0.1) is 18.0 Å². The molecule has 0 fully saturated rings. The van der Waals surface area contributed by atoms with Crippen molar-refractivity contribution in [1.82, 2.24) is 0 Å². The number of nitrogens with one attached hydrogen (secondary N) is 1. The summed E-state index contributed by atoms with van der Waals surface area (Å²) in [5.74, 6) is -1.52. The topological polar surface area (TPSA) is 98.5 Å². The first-order valence-corrected chi connectivity index (χ1v) is 7.44. The van der Waals surface area contributed by atoms with E-state index in [4.69, 9.17) is 5.73 Å². The lowest BCUT2D eigenvalue weighted by molar-refractivity contribution is -0.139. The maximum atomic E-state index is 11.8. The van der Waals surface area contributed by atoms with Crippen LogP contribution in [0, 0.1) is 13.8 Å². The number of rotatable bonds is 5. The average molecular weight is 286 g/mol. The summed E-state index contributed by atoms with van der Waals surface area (Å²) in [6.07, 6.45) is 0. The summed E-state index contributed by atoms with van der Waals surface area (Å²) >= 11 is 0. The maximum Gasteiger partial charge on any atom is 0.323 e. The smallest absolute Gasteiger partial charge is 0.323 e. The molecule has 0 aliphatic heterocycles. The van der Waals surface area contributed by atoms with Gasteiger partial charge in [0.2, 0.25) is 10.0 Å². The van der Waals surface area contributed by atoms with Crippen LogP contribution in [-0.4, -0.2) is 26.7 Å².